The number of hydrogen-bond acceptors (Lipinski definition) is 4. The molecule has 5 rings (SSSR count). The van der Waals surface area contributed by atoms with Gasteiger partial charge in [0, 0.05) is 18.8 Å². The normalized spacial score (nSPS) is 25.8. The number of ether oxygens (including phenoxy) is 1. The SMILES string of the molecule is C[C@@H](O[C@H]1CC[C@@H]2CNC[C@H]2[C@@H]1c1ccc(F)cc1)c1cc(C(F)(F)F)cc(C(F)(F)F)c1.O=C1CCC(=O)C1. The van der Waals surface area contributed by atoms with Gasteiger partial charge in [-0.15, -0.1) is 0 Å². The molecule has 218 valence electrons. The van der Waals surface area contributed by atoms with Crippen molar-refractivity contribution >= 4 is 11.6 Å². The first-order valence-corrected chi connectivity index (χ1v) is 13.2. The maximum atomic E-state index is 13.5. The Hall–Kier alpha value is -2.79. The number of carbonyl (C=O) groups excluding carboxylic acids is 2. The molecule has 1 heterocycles. The maximum Gasteiger partial charge on any atom is 0.416 e. The Morgan fingerprint density at radius 2 is 1.43 bits per heavy atom. The van der Waals surface area contributed by atoms with Crippen molar-refractivity contribution in [3.63, 3.8) is 0 Å². The van der Waals surface area contributed by atoms with Gasteiger partial charge in [-0.1, -0.05) is 12.1 Å². The molecule has 0 unspecified atom stereocenters. The number of rotatable bonds is 4. The molecule has 1 saturated heterocycles. The minimum atomic E-state index is -4.92. The van der Waals surface area contributed by atoms with Crippen LogP contribution in [0.2, 0.25) is 0 Å². The van der Waals surface area contributed by atoms with Gasteiger partial charge in [-0.2, -0.15) is 26.3 Å². The average molecular weight is 574 g/mol. The standard InChI is InChI=1S/C24H24F7NO.C5H6O2/c1-13(16-8-17(23(26,27)28)10-18(9-16)24(29,30)31)33-21-7-4-15-11-32-12-20(15)22(21)14-2-5-19(25)6-3-14;6-4-1-2-5(7)3-4/h2-3,5-6,8-10,13,15,20-22,32H,4,7,11-12H2,1H3;1-3H2/t13-,15-,20-,21+,22+;/m1./s1. The Bertz CT molecular complexity index is 1160. The van der Waals surface area contributed by atoms with Gasteiger partial charge < -0.3 is 10.1 Å². The molecule has 40 heavy (non-hydrogen) atoms. The molecule has 1 aliphatic heterocycles. The number of benzene rings is 2. The zero-order valence-electron chi connectivity index (χ0n) is 21.7. The van der Waals surface area contributed by atoms with Crippen LogP contribution in [-0.2, 0) is 26.7 Å². The summed E-state index contributed by atoms with van der Waals surface area (Å²) >= 11 is 0. The molecule has 11 heteroatoms. The Labute approximate surface area is 227 Å². The number of nitrogens with one attached hydrogen (secondary N) is 1. The van der Waals surface area contributed by atoms with E-state index in [9.17, 15) is 40.3 Å². The number of hydrogen-bond donors (Lipinski definition) is 1. The molecule has 4 nitrogen and oxygen atoms in total. The lowest BCUT2D eigenvalue weighted by atomic mass is 9.69. The van der Waals surface area contributed by atoms with Gasteiger partial charge in [0.1, 0.15) is 17.4 Å². The van der Waals surface area contributed by atoms with Crippen LogP contribution in [0.4, 0.5) is 30.7 Å². The third-order valence-electron chi connectivity index (χ3n) is 7.87. The number of fused-ring (bicyclic) bond motifs is 1. The molecular formula is C29H30F7NO3. The van der Waals surface area contributed by atoms with E-state index in [4.69, 9.17) is 4.74 Å². The second-order valence-electron chi connectivity index (χ2n) is 10.6. The van der Waals surface area contributed by atoms with E-state index in [0.29, 0.717) is 25.2 Å². The van der Waals surface area contributed by atoms with Crippen LogP contribution in [0, 0.1) is 17.7 Å². The summed E-state index contributed by atoms with van der Waals surface area (Å²) in [4.78, 5) is 20.5. The molecular weight excluding hydrogens is 543 g/mol. The summed E-state index contributed by atoms with van der Waals surface area (Å²) in [6.45, 7) is 3.03. The van der Waals surface area contributed by atoms with E-state index in [2.05, 4.69) is 5.32 Å². The van der Waals surface area contributed by atoms with Crippen molar-refractivity contribution in [2.24, 2.45) is 11.8 Å². The van der Waals surface area contributed by atoms with Gasteiger partial charge in [0.25, 0.3) is 0 Å². The zero-order chi connectivity index (χ0) is 29.2. The number of carbonyl (C=O) groups is 2. The molecule has 2 aromatic carbocycles. The largest absolute Gasteiger partial charge is 0.416 e. The zero-order valence-corrected chi connectivity index (χ0v) is 21.7. The molecule has 0 radical (unpaired) electrons. The lowest BCUT2D eigenvalue weighted by Crippen LogP contribution is -2.38. The van der Waals surface area contributed by atoms with Crippen LogP contribution < -0.4 is 5.32 Å². The highest BCUT2D eigenvalue weighted by atomic mass is 19.4. The fourth-order valence-corrected chi connectivity index (χ4v) is 5.85. The molecule has 1 N–H and O–H groups in total. The van der Waals surface area contributed by atoms with E-state index < -0.39 is 35.7 Å². The maximum absolute atomic E-state index is 13.5. The van der Waals surface area contributed by atoms with Gasteiger partial charge in [0.2, 0.25) is 0 Å². The van der Waals surface area contributed by atoms with Crippen molar-refractivity contribution in [3.8, 4) is 0 Å². The minimum Gasteiger partial charge on any atom is -0.370 e. The van der Waals surface area contributed by atoms with Gasteiger partial charge in [0.15, 0.2) is 0 Å². The minimum absolute atomic E-state index is 0.102. The van der Waals surface area contributed by atoms with Crippen LogP contribution >= 0.6 is 0 Å². The van der Waals surface area contributed by atoms with E-state index in [0.717, 1.165) is 37.2 Å². The first kappa shape index (κ1) is 30.2. The van der Waals surface area contributed by atoms with Crippen LogP contribution in [0.25, 0.3) is 0 Å². The average Bonchev–Trinajstić information content (AvgIpc) is 3.51. The van der Waals surface area contributed by atoms with Crippen LogP contribution in [-0.4, -0.2) is 30.8 Å². The predicted octanol–water partition coefficient (Wildman–Crippen LogP) is 7.03. The van der Waals surface area contributed by atoms with Gasteiger partial charge in [-0.25, -0.2) is 4.39 Å². The van der Waals surface area contributed by atoms with Crippen molar-refractivity contribution < 1.29 is 45.1 Å². The second kappa shape index (κ2) is 12.0. The van der Waals surface area contributed by atoms with Gasteiger partial charge in [0.05, 0.1) is 29.8 Å². The van der Waals surface area contributed by atoms with Gasteiger partial charge >= 0.3 is 12.4 Å². The van der Waals surface area contributed by atoms with Crippen LogP contribution in [0.5, 0.6) is 0 Å². The van der Waals surface area contributed by atoms with Crippen LogP contribution in [0.3, 0.4) is 0 Å². The molecule has 3 fully saturated rings. The number of ketones is 2. The molecule has 5 atom stereocenters. The fraction of sp³-hybridized carbons (Fsp3) is 0.517. The summed E-state index contributed by atoms with van der Waals surface area (Å²) in [5.41, 5.74) is -2.04. The molecule has 3 aliphatic rings. The molecule has 2 saturated carbocycles. The third kappa shape index (κ3) is 7.28. The van der Waals surface area contributed by atoms with Gasteiger partial charge in [-0.05, 0) is 86.1 Å². The second-order valence-corrected chi connectivity index (χ2v) is 10.6. The number of halogens is 7. The van der Waals surface area contributed by atoms with Crippen molar-refractivity contribution in [1.82, 2.24) is 5.32 Å². The molecule has 0 amide bonds. The lowest BCUT2D eigenvalue weighted by molar-refractivity contribution is -0.143. The van der Waals surface area contributed by atoms with Crippen molar-refractivity contribution in [1.29, 1.82) is 0 Å². The molecule has 2 aliphatic carbocycles. The Kier molecular flexibility index (Phi) is 9.04. The highest BCUT2D eigenvalue weighted by Crippen LogP contribution is 2.46. The van der Waals surface area contributed by atoms with E-state index >= 15 is 0 Å². The monoisotopic (exact) mass is 573 g/mol. The summed E-state index contributed by atoms with van der Waals surface area (Å²) in [5.74, 6) is 0.254. The Balaban J connectivity index is 0.000000461. The van der Waals surface area contributed by atoms with Crippen molar-refractivity contribution in [2.45, 2.75) is 69.5 Å². The summed E-state index contributed by atoms with van der Waals surface area (Å²) in [6.07, 6.45) is -8.64. The number of Topliss-reactive ketones (excluding diaryl/α,β-unsaturated/α-hetero) is 2. The van der Waals surface area contributed by atoms with E-state index in [1.807, 2.05) is 0 Å². The number of alkyl halides is 6. The summed E-state index contributed by atoms with van der Waals surface area (Å²) in [7, 11) is 0. The fourth-order valence-electron chi connectivity index (χ4n) is 5.85. The topological polar surface area (TPSA) is 55.4 Å². The quantitative estimate of drug-likeness (QED) is 0.315. The summed E-state index contributed by atoms with van der Waals surface area (Å²) < 4.78 is 99.3. The molecule has 0 bridgehead atoms. The highest BCUT2D eigenvalue weighted by molar-refractivity contribution is 6.05. The van der Waals surface area contributed by atoms with Crippen molar-refractivity contribution in [3.05, 3.63) is 70.5 Å². The van der Waals surface area contributed by atoms with E-state index in [1.54, 1.807) is 12.1 Å². The highest BCUT2D eigenvalue weighted by Gasteiger charge is 2.44. The first-order valence-electron chi connectivity index (χ1n) is 13.2. The predicted molar refractivity (Wildman–Crippen MR) is 132 cm³/mol. The third-order valence-corrected chi connectivity index (χ3v) is 7.87. The van der Waals surface area contributed by atoms with Crippen LogP contribution in [0.1, 0.15) is 73.3 Å². The lowest BCUT2D eigenvalue weighted by Gasteiger charge is -2.41. The molecule has 2 aromatic rings. The summed E-state index contributed by atoms with van der Waals surface area (Å²) in [6, 6.07) is 7.61. The van der Waals surface area contributed by atoms with Crippen molar-refractivity contribution in [2.75, 3.05) is 13.1 Å². The Morgan fingerprint density at radius 3 is 1.93 bits per heavy atom. The summed E-state index contributed by atoms with van der Waals surface area (Å²) in [5, 5.41) is 3.35. The van der Waals surface area contributed by atoms with E-state index in [-0.39, 0.29) is 47.3 Å². The van der Waals surface area contributed by atoms with Gasteiger partial charge in [-0.3, -0.25) is 9.59 Å². The smallest absolute Gasteiger partial charge is 0.370 e. The first-order chi connectivity index (χ1) is 18.7. The van der Waals surface area contributed by atoms with E-state index in [1.165, 1.54) is 19.1 Å². The molecule has 0 aromatic heterocycles. The molecule has 0 spiro atoms. The van der Waals surface area contributed by atoms with Crippen LogP contribution in [0.15, 0.2) is 42.5 Å². The Morgan fingerprint density at radius 1 is 0.850 bits per heavy atom.